The molecule has 3 heterocycles. The molecule has 4 amide bonds. The fourth-order valence-electron chi connectivity index (χ4n) is 5.24. The molecule has 0 spiro atoms. The summed E-state index contributed by atoms with van der Waals surface area (Å²) < 4.78 is 0. The summed E-state index contributed by atoms with van der Waals surface area (Å²) in [5.74, 6) is -0.870. The van der Waals surface area contributed by atoms with E-state index in [-0.39, 0.29) is 23.0 Å². The van der Waals surface area contributed by atoms with Gasteiger partial charge in [0, 0.05) is 30.5 Å². The molecule has 2 aromatic carbocycles. The van der Waals surface area contributed by atoms with Crippen molar-refractivity contribution in [1.82, 2.24) is 9.80 Å². The average Bonchev–Trinajstić information content (AvgIpc) is 3.23. The lowest BCUT2D eigenvalue weighted by Gasteiger charge is -2.42. The Morgan fingerprint density at radius 1 is 1.06 bits per heavy atom. The first-order chi connectivity index (χ1) is 17.2. The molecular formula is C28H29N3O4S. The van der Waals surface area contributed by atoms with Crippen molar-refractivity contribution in [3.05, 3.63) is 75.2 Å². The molecule has 0 radical (unpaired) electrons. The van der Waals surface area contributed by atoms with Gasteiger partial charge in [-0.15, -0.1) is 11.8 Å². The number of anilines is 1. The number of carbonyl (C=O) groups is 4. The van der Waals surface area contributed by atoms with Gasteiger partial charge < -0.3 is 9.80 Å². The average molecular weight is 504 g/mol. The number of aryl methyl sites for hydroxylation is 2. The Kier molecular flexibility index (Phi) is 6.24. The summed E-state index contributed by atoms with van der Waals surface area (Å²) in [6, 6.07) is 12.5. The third-order valence-electron chi connectivity index (χ3n) is 7.30. The van der Waals surface area contributed by atoms with Crippen LogP contribution in [0.2, 0.25) is 0 Å². The number of rotatable bonds is 4. The van der Waals surface area contributed by atoms with E-state index in [0.717, 1.165) is 27.2 Å². The van der Waals surface area contributed by atoms with Crippen LogP contribution in [0.4, 0.5) is 10.5 Å². The van der Waals surface area contributed by atoms with Crippen LogP contribution in [0.25, 0.3) is 0 Å². The van der Waals surface area contributed by atoms with Gasteiger partial charge in [-0.1, -0.05) is 35.9 Å². The standard InChI is InChI=1S/C28H29N3O4S/c1-16-8-9-17(2)21(12-16)14-30-27-25(23-10-11-29(19(4)33)15-24(23)36-27)26(34)31(28(30)35)22-7-5-6-20(13-22)18(3)32/h5-9,12-13,25,27H,10-11,14-15H2,1-4H3. The second-order valence-electron chi connectivity index (χ2n) is 9.75. The highest BCUT2D eigenvalue weighted by Crippen LogP contribution is 2.51. The van der Waals surface area contributed by atoms with Crippen LogP contribution in [0.3, 0.4) is 0 Å². The van der Waals surface area contributed by atoms with E-state index in [1.165, 1.54) is 23.6 Å². The highest BCUT2D eigenvalue weighted by atomic mass is 32.2. The Hall–Kier alpha value is -3.39. The minimum absolute atomic E-state index is 0.00865. The molecule has 2 atom stereocenters. The van der Waals surface area contributed by atoms with Crippen LogP contribution < -0.4 is 4.90 Å². The van der Waals surface area contributed by atoms with E-state index in [4.69, 9.17) is 0 Å². The number of Topliss-reactive ketones (excluding diaryl/α,β-unsaturated/α-hetero) is 1. The van der Waals surface area contributed by atoms with E-state index in [2.05, 4.69) is 6.07 Å². The predicted octanol–water partition coefficient (Wildman–Crippen LogP) is 4.67. The van der Waals surface area contributed by atoms with Crippen LogP contribution >= 0.6 is 11.8 Å². The van der Waals surface area contributed by atoms with Gasteiger partial charge in [-0.25, -0.2) is 9.69 Å². The molecule has 0 saturated carbocycles. The van der Waals surface area contributed by atoms with Gasteiger partial charge in [-0.05, 0) is 56.0 Å². The molecule has 5 rings (SSSR count). The molecule has 8 heteroatoms. The van der Waals surface area contributed by atoms with Gasteiger partial charge in [0.1, 0.15) is 0 Å². The van der Waals surface area contributed by atoms with Gasteiger partial charge in [0.05, 0.1) is 23.5 Å². The number of hydrogen-bond donors (Lipinski definition) is 0. The van der Waals surface area contributed by atoms with Crippen molar-refractivity contribution >= 4 is 41.1 Å². The highest BCUT2D eigenvalue weighted by Gasteiger charge is 2.53. The smallest absolute Gasteiger partial charge is 0.332 e. The first-order valence-electron chi connectivity index (χ1n) is 12.1. The number of nitrogens with zero attached hydrogens (tertiary/aromatic N) is 3. The highest BCUT2D eigenvalue weighted by molar-refractivity contribution is 8.04. The Labute approximate surface area is 215 Å². The van der Waals surface area contributed by atoms with E-state index in [1.807, 2.05) is 26.0 Å². The van der Waals surface area contributed by atoms with Crippen molar-refractivity contribution in [2.45, 2.75) is 46.0 Å². The zero-order chi connectivity index (χ0) is 25.7. The van der Waals surface area contributed by atoms with Crippen molar-refractivity contribution in [2.24, 2.45) is 5.92 Å². The molecule has 0 aromatic heterocycles. The lowest BCUT2D eigenvalue weighted by molar-refractivity contribution is -0.128. The molecule has 3 aliphatic heterocycles. The molecule has 7 nitrogen and oxygen atoms in total. The summed E-state index contributed by atoms with van der Waals surface area (Å²) in [5.41, 5.74) is 5.10. The topological polar surface area (TPSA) is 78.0 Å². The minimum atomic E-state index is -0.483. The fraction of sp³-hybridized carbons (Fsp3) is 0.357. The molecule has 0 N–H and O–H groups in total. The van der Waals surface area contributed by atoms with Gasteiger partial charge in [0.2, 0.25) is 11.8 Å². The van der Waals surface area contributed by atoms with Gasteiger partial charge in [0.15, 0.2) is 5.78 Å². The molecule has 2 unspecified atom stereocenters. The normalized spacial score (nSPS) is 21.6. The first-order valence-corrected chi connectivity index (χ1v) is 13.0. The number of benzene rings is 2. The minimum Gasteiger partial charge on any atom is -0.338 e. The van der Waals surface area contributed by atoms with Crippen LogP contribution in [0.15, 0.2) is 52.9 Å². The van der Waals surface area contributed by atoms with Crippen LogP contribution in [-0.4, -0.2) is 51.9 Å². The van der Waals surface area contributed by atoms with Gasteiger partial charge in [-0.3, -0.25) is 14.4 Å². The van der Waals surface area contributed by atoms with Crippen molar-refractivity contribution in [2.75, 3.05) is 18.0 Å². The molecule has 3 aliphatic rings. The molecule has 186 valence electrons. The third-order valence-corrected chi connectivity index (χ3v) is 8.74. The third kappa shape index (κ3) is 4.13. The Balaban J connectivity index is 1.58. The fourth-order valence-corrected chi connectivity index (χ4v) is 6.85. The summed E-state index contributed by atoms with van der Waals surface area (Å²) in [5, 5.41) is -0.367. The van der Waals surface area contributed by atoms with E-state index >= 15 is 0 Å². The Morgan fingerprint density at radius 2 is 1.83 bits per heavy atom. The SMILES string of the molecule is CC(=O)c1cccc(N2C(=O)C3C4=C(CN(C(C)=O)CC4)SC3N(Cc3cc(C)ccc3C)C2=O)c1. The Bertz CT molecular complexity index is 1330. The molecular weight excluding hydrogens is 474 g/mol. The van der Waals surface area contributed by atoms with E-state index in [0.29, 0.717) is 37.3 Å². The molecule has 2 aromatic rings. The maximum atomic E-state index is 14.0. The molecule has 36 heavy (non-hydrogen) atoms. The molecule has 0 bridgehead atoms. The predicted molar refractivity (Wildman–Crippen MR) is 140 cm³/mol. The number of carbonyl (C=O) groups excluding carboxylic acids is 4. The van der Waals surface area contributed by atoms with Crippen molar-refractivity contribution < 1.29 is 19.2 Å². The number of amides is 4. The Morgan fingerprint density at radius 3 is 2.56 bits per heavy atom. The maximum absolute atomic E-state index is 14.0. The number of thioether (sulfide) groups is 1. The van der Waals surface area contributed by atoms with Crippen molar-refractivity contribution in [3.63, 3.8) is 0 Å². The lowest BCUT2D eigenvalue weighted by atomic mass is 9.89. The maximum Gasteiger partial charge on any atom is 0.332 e. The molecule has 1 saturated heterocycles. The summed E-state index contributed by atoms with van der Waals surface area (Å²) >= 11 is 1.54. The number of hydrogen-bond acceptors (Lipinski definition) is 5. The zero-order valence-corrected chi connectivity index (χ0v) is 21.7. The van der Waals surface area contributed by atoms with E-state index in [1.54, 1.807) is 41.0 Å². The van der Waals surface area contributed by atoms with Crippen LogP contribution in [0, 0.1) is 19.8 Å². The molecule has 0 aliphatic carbocycles. The van der Waals surface area contributed by atoms with E-state index < -0.39 is 11.9 Å². The lowest BCUT2D eigenvalue weighted by Crippen LogP contribution is -2.60. The molecule has 1 fully saturated rings. The van der Waals surface area contributed by atoms with Crippen LogP contribution in [0.1, 0.15) is 47.3 Å². The van der Waals surface area contributed by atoms with Gasteiger partial charge >= 0.3 is 6.03 Å². The zero-order valence-electron chi connectivity index (χ0n) is 20.9. The summed E-state index contributed by atoms with van der Waals surface area (Å²) in [6.45, 7) is 8.48. The van der Waals surface area contributed by atoms with Crippen LogP contribution in [-0.2, 0) is 16.1 Å². The van der Waals surface area contributed by atoms with Crippen LogP contribution in [0.5, 0.6) is 0 Å². The number of imide groups is 1. The number of ketones is 1. The number of urea groups is 1. The monoisotopic (exact) mass is 503 g/mol. The summed E-state index contributed by atoms with van der Waals surface area (Å²) in [4.78, 5) is 57.9. The quantitative estimate of drug-likeness (QED) is 0.567. The van der Waals surface area contributed by atoms with E-state index in [9.17, 15) is 19.2 Å². The van der Waals surface area contributed by atoms with Crippen molar-refractivity contribution in [3.8, 4) is 0 Å². The summed E-state index contributed by atoms with van der Waals surface area (Å²) in [7, 11) is 0. The number of fused-ring (bicyclic) bond motifs is 2. The first kappa shape index (κ1) is 24.3. The van der Waals surface area contributed by atoms with Gasteiger partial charge in [-0.2, -0.15) is 0 Å². The summed E-state index contributed by atoms with van der Waals surface area (Å²) in [6.07, 6.45) is 0.613. The second-order valence-corrected chi connectivity index (χ2v) is 11.0. The second kappa shape index (κ2) is 9.24. The van der Waals surface area contributed by atoms with Crippen molar-refractivity contribution in [1.29, 1.82) is 0 Å². The largest absolute Gasteiger partial charge is 0.338 e. The van der Waals surface area contributed by atoms with Gasteiger partial charge in [0.25, 0.3) is 0 Å².